The van der Waals surface area contributed by atoms with E-state index in [0.29, 0.717) is 6.42 Å². The number of nitrogens with zero attached hydrogens (tertiary/aromatic N) is 2. The van der Waals surface area contributed by atoms with Gasteiger partial charge in [0, 0.05) is 12.1 Å². The largest absolute Gasteiger partial charge is 0.481 e. The SMILES string of the molecule is CCC(CC(=O)O)Nc1ccc(C#N)cc1[N+](=O)[O-]. The number of carboxylic acids is 1. The summed E-state index contributed by atoms with van der Waals surface area (Å²) >= 11 is 0. The van der Waals surface area contributed by atoms with Gasteiger partial charge in [0.05, 0.1) is 23.0 Å². The number of aliphatic carboxylic acids is 1. The first-order valence-electron chi connectivity index (χ1n) is 5.64. The van der Waals surface area contributed by atoms with Gasteiger partial charge in [-0.3, -0.25) is 14.9 Å². The normalized spacial score (nSPS) is 11.4. The molecule has 0 bridgehead atoms. The minimum Gasteiger partial charge on any atom is -0.481 e. The first kappa shape index (κ1) is 14.4. The van der Waals surface area contributed by atoms with E-state index in [1.54, 1.807) is 6.92 Å². The molecular formula is C12H13N3O4. The Kier molecular flexibility index (Phi) is 4.83. The second kappa shape index (κ2) is 6.35. The predicted octanol–water partition coefficient (Wildman–Crippen LogP) is 2.13. The number of nitro benzene ring substituents is 1. The molecule has 0 amide bonds. The van der Waals surface area contributed by atoms with E-state index in [4.69, 9.17) is 10.4 Å². The van der Waals surface area contributed by atoms with Crippen molar-refractivity contribution in [3.8, 4) is 6.07 Å². The molecule has 7 heteroatoms. The van der Waals surface area contributed by atoms with Crippen molar-refractivity contribution < 1.29 is 14.8 Å². The van der Waals surface area contributed by atoms with Gasteiger partial charge in [-0.25, -0.2) is 0 Å². The molecule has 0 aromatic heterocycles. The fourth-order valence-corrected chi connectivity index (χ4v) is 1.60. The number of anilines is 1. The van der Waals surface area contributed by atoms with Crippen LogP contribution in [0.15, 0.2) is 18.2 Å². The van der Waals surface area contributed by atoms with Crippen LogP contribution < -0.4 is 5.32 Å². The molecule has 0 spiro atoms. The molecule has 0 aliphatic carbocycles. The Labute approximate surface area is 109 Å². The summed E-state index contributed by atoms with van der Waals surface area (Å²) in [4.78, 5) is 21.0. The lowest BCUT2D eigenvalue weighted by Crippen LogP contribution is -2.22. The summed E-state index contributed by atoms with van der Waals surface area (Å²) in [6.45, 7) is 1.79. The zero-order chi connectivity index (χ0) is 14.4. The molecule has 0 saturated heterocycles. The number of nitrogens with one attached hydrogen (secondary N) is 1. The number of rotatable bonds is 6. The van der Waals surface area contributed by atoms with Gasteiger partial charge in [0.15, 0.2) is 0 Å². The number of carbonyl (C=O) groups is 1. The Morgan fingerprint density at radius 2 is 2.32 bits per heavy atom. The third-order valence-corrected chi connectivity index (χ3v) is 2.60. The number of nitriles is 1. The monoisotopic (exact) mass is 263 g/mol. The van der Waals surface area contributed by atoms with Gasteiger partial charge in [0.1, 0.15) is 5.69 Å². The number of hydrogen-bond donors (Lipinski definition) is 2. The van der Waals surface area contributed by atoms with Crippen molar-refractivity contribution in [2.45, 2.75) is 25.8 Å². The summed E-state index contributed by atoms with van der Waals surface area (Å²) in [5, 5.41) is 31.2. The molecule has 1 unspecified atom stereocenters. The van der Waals surface area contributed by atoms with Gasteiger partial charge in [0.25, 0.3) is 5.69 Å². The fraction of sp³-hybridized carbons (Fsp3) is 0.333. The van der Waals surface area contributed by atoms with E-state index in [1.807, 2.05) is 6.07 Å². The number of carboxylic acid groups (broad SMARTS) is 1. The highest BCUT2D eigenvalue weighted by molar-refractivity contribution is 5.70. The van der Waals surface area contributed by atoms with Gasteiger partial charge in [-0.1, -0.05) is 6.92 Å². The maximum atomic E-state index is 10.9. The summed E-state index contributed by atoms with van der Waals surface area (Å²) < 4.78 is 0. The number of benzene rings is 1. The van der Waals surface area contributed by atoms with Crippen LogP contribution in [0.2, 0.25) is 0 Å². The van der Waals surface area contributed by atoms with Crippen molar-refractivity contribution in [1.82, 2.24) is 0 Å². The van der Waals surface area contributed by atoms with E-state index < -0.39 is 16.9 Å². The third-order valence-electron chi connectivity index (χ3n) is 2.60. The van der Waals surface area contributed by atoms with Crippen LogP contribution in [-0.2, 0) is 4.79 Å². The molecule has 100 valence electrons. The minimum absolute atomic E-state index is 0.131. The maximum absolute atomic E-state index is 10.9. The van der Waals surface area contributed by atoms with E-state index in [1.165, 1.54) is 12.1 Å². The van der Waals surface area contributed by atoms with Crippen LogP contribution in [0.5, 0.6) is 0 Å². The van der Waals surface area contributed by atoms with Crippen molar-refractivity contribution in [2.75, 3.05) is 5.32 Å². The van der Waals surface area contributed by atoms with Crippen LogP contribution in [0.25, 0.3) is 0 Å². The molecule has 1 rings (SSSR count). The molecule has 7 nitrogen and oxygen atoms in total. The van der Waals surface area contributed by atoms with Crippen molar-refractivity contribution >= 4 is 17.3 Å². The highest BCUT2D eigenvalue weighted by Crippen LogP contribution is 2.26. The lowest BCUT2D eigenvalue weighted by atomic mass is 10.1. The molecular weight excluding hydrogens is 250 g/mol. The van der Waals surface area contributed by atoms with E-state index in [2.05, 4.69) is 5.32 Å². The molecule has 2 N–H and O–H groups in total. The molecule has 1 atom stereocenters. The Morgan fingerprint density at radius 1 is 1.63 bits per heavy atom. The highest BCUT2D eigenvalue weighted by Gasteiger charge is 2.18. The molecule has 0 aliphatic heterocycles. The van der Waals surface area contributed by atoms with Gasteiger partial charge in [-0.2, -0.15) is 5.26 Å². The summed E-state index contributed by atoms with van der Waals surface area (Å²) in [6, 6.07) is 5.45. The lowest BCUT2D eigenvalue weighted by Gasteiger charge is -2.16. The van der Waals surface area contributed by atoms with Crippen molar-refractivity contribution in [2.24, 2.45) is 0 Å². The Hall–Kier alpha value is -2.62. The lowest BCUT2D eigenvalue weighted by molar-refractivity contribution is -0.384. The molecule has 0 aliphatic rings. The molecule has 0 fully saturated rings. The third kappa shape index (κ3) is 3.96. The van der Waals surface area contributed by atoms with Gasteiger partial charge in [-0.15, -0.1) is 0 Å². The number of hydrogen-bond acceptors (Lipinski definition) is 5. The minimum atomic E-state index is -0.976. The van der Waals surface area contributed by atoms with Crippen LogP contribution in [-0.4, -0.2) is 22.0 Å². The van der Waals surface area contributed by atoms with Gasteiger partial charge in [-0.05, 0) is 18.6 Å². The molecule has 1 aromatic carbocycles. The second-order valence-corrected chi connectivity index (χ2v) is 3.95. The van der Waals surface area contributed by atoms with E-state index in [0.717, 1.165) is 6.07 Å². The summed E-state index contributed by atoms with van der Waals surface area (Å²) in [7, 11) is 0. The van der Waals surface area contributed by atoms with Crippen LogP contribution in [0, 0.1) is 21.4 Å². The highest BCUT2D eigenvalue weighted by atomic mass is 16.6. The molecule has 1 aromatic rings. The van der Waals surface area contributed by atoms with E-state index in [9.17, 15) is 14.9 Å². The van der Waals surface area contributed by atoms with Crippen molar-refractivity contribution in [3.05, 3.63) is 33.9 Å². The molecule has 0 heterocycles. The average molecular weight is 263 g/mol. The standard InChI is InChI=1S/C12H13N3O4/c1-2-9(6-12(16)17)14-10-4-3-8(7-13)5-11(10)15(18)19/h3-5,9,14H,2,6H2,1H3,(H,16,17). The zero-order valence-corrected chi connectivity index (χ0v) is 10.3. The quantitative estimate of drug-likeness (QED) is 0.599. The van der Waals surface area contributed by atoms with E-state index in [-0.39, 0.29) is 23.4 Å². The van der Waals surface area contributed by atoms with Gasteiger partial charge < -0.3 is 10.4 Å². The van der Waals surface area contributed by atoms with Gasteiger partial charge >= 0.3 is 5.97 Å². The van der Waals surface area contributed by atoms with Crippen molar-refractivity contribution in [3.63, 3.8) is 0 Å². The van der Waals surface area contributed by atoms with Crippen molar-refractivity contribution in [1.29, 1.82) is 5.26 Å². The van der Waals surface area contributed by atoms with Gasteiger partial charge in [0.2, 0.25) is 0 Å². The molecule has 19 heavy (non-hydrogen) atoms. The topological polar surface area (TPSA) is 116 Å². The zero-order valence-electron chi connectivity index (χ0n) is 10.3. The van der Waals surface area contributed by atoms with Crippen LogP contribution in [0.4, 0.5) is 11.4 Å². The van der Waals surface area contributed by atoms with Crippen LogP contribution in [0.3, 0.4) is 0 Å². The Morgan fingerprint density at radius 3 is 2.79 bits per heavy atom. The summed E-state index contributed by atoms with van der Waals surface area (Å²) in [6.07, 6.45) is 0.386. The average Bonchev–Trinajstić information content (AvgIpc) is 2.37. The predicted molar refractivity (Wildman–Crippen MR) is 67.8 cm³/mol. The molecule has 0 saturated carbocycles. The fourth-order valence-electron chi connectivity index (χ4n) is 1.60. The maximum Gasteiger partial charge on any atom is 0.305 e. The summed E-state index contributed by atoms with van der Waals surface area (Å²) in [5.41, 5.74) is 0.170. The second-order valence-electron chi connectivity index (χ2n) is 3.95. The van der Waals surface area contributed by atoms with Crippen LogP contribution in [0.1, 0.15) is 25.3 Å². The Balaban J connectivity index is 3.03. The Bertz CT molecular complexity index is 536. The van der Waals surface area contributed by atoms with Crippen LogP contribution >= 0.6 is 0 Å². The number of nitro groups is 1. The first-order chi connectivity index (χ1) is 8.97. The van der Waals surface area contributed by atoms with E-state index >= 15 is 0 Å². The smallest absolute Gasteiger partial charge is 0.305 e. The first-order valence-corrected chi connectivity index (χ1v) is 5.64. The molecule has 0 radical (unpaired) electrons. The summed E-state index contributed by atoms with van der Waals surface area (Å²) in [5.74, 6) is -0.976.